The molecule has 0 radical (unpaired) electrons. The lowest BCUT2D eigenvalue weighted by molar-refractivity contribution is -0.107. The first-order valence-electron chi connectivity index (χ1n) is 12.6. The molecule has 0 unspecified atom stereocenters. The lowest BCUT2D eigenvalue weighted by Gasteiger charge is -2.37. The first-order chi connectivity index (χ1) is 16.0. The highest BCUT2D eigenvalue weighted by Crippen LogP contribution is 2.37. The van der Waals surface area contributed by atoms with Crippen LogP contribution in [0.2, 0.25) is 18.1 Å². The molecule has 0 spiro atoms. The molecule has 0 aliphatic carbocycles. The Bertz CT molecular complexity index is 594. The van der Waals surface area contributed by atoms with Gasteiger partial charge in [-0.1, -0.05) is 44.1 Å². The van der Waals surface area contributed by atoms with Crippen molar-refractivity contribution >= 4 is 14.6 Å². The Labute approximate surface area is 210 Å². The summed E-state index contributed by atoms with van der Waals surface area (Å²) < 4.78 is 28.5. The van der Waals surface area contributed by atoms with E-state index in [1.165, 1.54) is 11.1 Å². The monoisotopic (exact) mass is 500 g/mol. The van der Waals surface area contributed by atoms with E-state index in [1.54, 1.807) is 14.2 Å². The van der Waals surface area contributed by atoms with Crippen molar-refractivity contribution in [2.75, 3.05) is 41.0 Å². The van der Waals surface area contributed by atoms with E-state index in [2.05, 4.69) is 59.9 Å². The van der Waals surface area contributed by atoms with Crippen LogP contribution in [0, 0.1) is 5.92 Å². The molecular formula is C27H52O6Si. The number of methoxy groups -OCH3 is 2. The van der Waals surface area contributed by atoms with Gasteiger partial charge in [0.2, 0.25) is 0 Å². The van der Waals surface area contributed by atoms with Gasteiger partial charge in [0.1, 0.15) is 19.9 Å². The molecule has 0 saturated heterocycles. The van der Waals surface area contributed by atoms with Crippen LogP contribution in [-0.2, 0) is 28.2 Å². The van der Waals surface area contributed by atoms with Crippen LogP contribution in [0.15, 0.2) is 23.3 Å². The van der Waals surface area contributed by atoms with Crippen molar-refractivity contribution < 1.29 is 28.2 Å². The largest absolute Gasteiger partial charge is 0.417 e. The molecule has 0 fully saturated rings. The Morgan fingerprint density at radius 3 is 2.12 bits per heavy atom. The summed E-state index contributed by atoms with van der Waals surface area (Å²) in [7, 11) is 1.48. The summed E-state index contributed by atoms with van der Waals surface area (Å²) in [5, 5.41) is 0.184. The van der Waals surface area contributed by atoms with Gasteiger partial charge in [-0.05, 0) is 70.0 Å². The van der Waals surface area contributed by atoms with Crippen LogP contribution < -0.4 is 0 Å². The molecular weight excluding hydrogens is 448 g/mol. The predicted octanol–water partition coefficient (Wildman–Crippen LogP) is 6.67. The van der Waals surface area contributed by atoms with Gasteiger partial charge in [0.15, 0.2) is 8.32 Å². The SMILES string of the molecule is COCOCC[C@H](CCO[Si](C)(C)C(C)(C)C)[C@@H](/C=C(\C)CC/C=C(\C)CCC=O)OCOC. The second kappa shape index (κ2) is 18.4. The Kier molecular flexibility index (Phi) is 18.0. The molecule has 0 N–H and O–H groups in total. The van der Waals surface area contributed by atoms with E-state index in [9.17, 15) is 4.79 Å². The lowest BCUT2D eigenvalue weighted by atomic mass is 9.93. The van der Waals surface area contributed by atoms with E-state index in [0.717, 1.165) is 38.4 Å². The van der Waals surface area contributed by atoms with Crippen LogP contribution in [0.3, 0.4) is 0 Å². The lowest BCUT2D eigenvalue weighted by Crippen LogP contribution is -2.41. The Balaban J connectivity index is 5.29. The van der Waals surface area contributed by atoms with Crippen LogP contribution in [0.4, 0.5) is 0 Å². The highest BCUT2D eigenvalue weighted by atomic mass is 28.4. The summed E-state index contributed by atoms with van der Waals surface area (Å²) in [4.78, 5) is 10.6. The van der Waals surface area contributed by atoms with E-state index >= 15 is 0 Å². The van der Waals surface area contributed by atoms with Gasteiger partial charge in [-0.2, -0.15) is 0 Å². The van der Waals surface area contributed by atoms with Gasteiger partial charge in [0, 0.05) is 33.9 Å². The molecule has 7 heteroatoms. The fraction of sp³-hybridized carbons (Fsp3) is 0.815. The maximum Gasteiger partial charge on any atom is 0.191 e. The summed E-state index contributed by atoms with van der Waals surface area (Å²) in [6.07, 6.45) is 10.5. The number of hydrogen-bond acceptors (Lipinski definition) is 6. The first-order valence-corrected chi connectivity index (χ1v) is 15.5. The van der Waals surface area contributed by atoms with Crippen LogP contribution in [0.25, 0.3) is 0 Å². The third-order valence-electron chi connectivity index (χ3n) is 6.57. The van der Waals surface area contributed by atoms with Crippen molar-refractivity contribution in [3.05, 3.63) is 23.3 Å². The van der Waals surface area contributed by atoms with Gasteiger partial charge in [-0.3, -0.25) is 0 Å². The summed E-state index contributed by atoms with van der Waals surface area (Å²) in [6, 6.07) is 0. The highest BCUT2D eigenvalue weighted by Gasteiger charge is 2.37. The Hall–Kier alpha value is -0.833. The van der Waals surface area contributed by atoms with Gasteiger partial charge in [0.05, 0.1) is 6.10 Å². The van der Waals surface area contributed by atoms with Gasteiger partial charge in [-0.15, -0.1) is 0 Å². The number of allylic oxidation sites excluding steroid dienone is 3. The van der Waals surface area contributed by atoms with Crippen molar-refractivity contribution in [1.82, 2.24) is 0 Å². The van der Waals surface area contributed by atoms with Crippen LogP contribution >= 0.6 is 0 Å². The Morgan fingerprint density at radius 2 is 1.53 bits per heavy atom. The minimum Gasteiger partial charge on any atom is -0.417 e. The first kappa shape index (κ1) is 33.2. The minimum absolute atomic E-state index is 0.0748. The molecule has 2 atom stereocenters. The zero-order chi connectivity index (χ0) is 26.0. The van der Waals surface area contributed by atoms with Gasteiger partial charge in [-0.25, -0.2) is 0 Å². The minimum atomic E-state index is -1.81. The van der Waals surface area contributed by atoms with E-state index in [-0.39, 0.29) is 23.9 Å². The highest BCUT2D eigenvalue weighted by molar-refractivity contribution is 6.74. The van der Waals surface area contributed by atoms with Crippen LogP contribution in [-0.4, -0.2) is 61.7 Å². The molecule has 0 aromatic heterocycles. The second-order valence-corrected chi connectivity index (χ2v) is 15.4. The average molecular weight is 501 g/mol. The molecule has 200 valence electrons. The molecule has 34 heavy (non-hydrogen) atoms. The number of rotatable bonds is 20. The summed E-state index contributed by atoms with van der Waals surface area (Å²) in [6.45, 7) is 17.5. The smallest absolute Gasteiger partial charge is 0.191 e. The number of aldehydes is 1. The quantitative estimate of drug-likeness (QED) is 0.0612. The van der Waals surface area contributed by atoms with Gasteiger partial charge < -0.3 is 28.2 Å². The number of hydrogen-bond donors (Lipinski definition) is 0. The number of ether oxygens (including phenoxy) is 4. The molecule has 0 heterocycles. The zero-order valence-corrected chi connectivity index (χ0v) is 24.4. The summed E-state index contributed by atoms with van der Waals surface area (Å²) in [5.41, 5.74) is 2.55. The number of carbonyl (C=O) groups excluding carboxylic acids is 1. The van der Waals surface area contributed by atoms with Crippen molar-refractivity contribution in [2.45, 2.75) is 97.4 Å². The third kappa shape index (κ3) is 15.2. The normalized spacial score (nSPS) is 15.4. The van der Waals surface area contributed by atoms with E-state index < -0.39 is 8.32 Å². The molecule has 0 aliphatic rings. The average Bonchev–Trinajstić information content (AvgIpc) is 2.76. The summed E-state index contributed by atoms with van der Waals surface area (Å²) >= 11 is 0. The van der Waals surface area contributed by atoms with Gasteiger partial charge in [0.25, 0.3) is 0 Å². The van der Waals surface area contributed by atoms with Crippen molar-refractivity contribution in [1.29, 1.82) is 0 Å². The molecule has 0 aliphatic heterocycles. The third-order valence-corrected chi connectivity index (χ3v) is 11.1. The standard InChI is InChI=1S/C27H52O6Si/c1-23(14-11-17-28)12-10-13-24(2)20-26(32-22-30-7)25(15-18-31-21-29-6)16-19-33-34(8,9)27(3,4)5/h12,17,20,25-26H,10-11,13-16,18-19,21-22H2,1-9H3/b23-12+,24-20+/t25-,26-/m1/s1. The summed E-state index contributed by atoms with van der Waals surface area (Å²) in [5.74, 6) is 0.247. The van der Waals surface area contributed by atoms with E-state index in [1.807, 2.05) is 0 Å². The molecule has 0 aromatic rings. The molecule has 0 aromatic carbocycles. The molecule has 0 rings (SSSR count). The van der Waals surface area contributed by atoms with Crippen LogP contribution in [0.1, 0.15) is 73.1 Å². The Morgan fingerprint density at radius 1 is 0.912 bits per heavy atom. The predicted molar refractivity (Wildman–Crippen MR) is 142 cm³/mol. The van der Waals surface area contributed by atoms with Crippen molar-refractivity contribution in [3.8, 4) is 0 Å². The topological polar surface area (TPSA) is 63.2 Å². The van der Waals surface area contributed by atoms with Crippen molar-refractivity contribution in [2.24, 2.45) is 5.92 Å². The maximum atomic E-state index is 10.6. The fourth-order valence-electron chi connectivity index (χ4n) is 3.30. The molecule has 0 saturated carbocycles. The van der Waals surface area contributed by atoms with Crippen LogP contribution in [0.5, 0.6) is 0 Å². The van der Waals surface area contributed by atoms with E-state index in [4.69, 9.17) is 23.4 Å². The maximum absolute atomic E-state index is 10.6. The fourth-order valence-corrected chi connectivity index (χ4v) is 4.36. The molecule has 0 bridgehead atoms. The molecule has 0 amide bonds. The van der Waals surface area contributed by atoms with E-state index in [0.29, 0.717) is 26.4 Å². The van der Waals surface area contributed by atoms with Gasteiger partial charge >= 0.3 is 0 Å². The molecule has 6 nitrogen and oxygen atoms in total. The zero-order valence-electron chi connectivity index (χ0n) is 23.4. The van der Waals surface area contributed by atoms with Crippen molar-refractivity contribution in [3.63, 3.8) is 0 Å². The second-order valence-electron chi connectivity index (χ2n) is 10.6. The number of carbonyl (C=O) groups is 1.